The van der Waals surface area contributed by atoms with Crippen molar-refractivity contribution in [3.8, 4) is 0 Å². The molecule has 2 nitrogen and oxygen atoms in total. The molecule has 0 bridgehead atoms. The van der Waals surface area contributed by atoms with E-state index in [0.717, 1.165) is 18.9 Å². The van der Waals surface area contributed by atoms with Gasteiger partial charge in [-0.15, -0.1) is 0 Å². The molecule has 16 heavy (non-hydrogen) atoms. The Kier molecular flexibility index (Phi) is 4.74. The molecule has 1 aromatic carbocycles. The number of rotatable bonds is 4. The predicted octanol–water partition coefficient (Wildman–Crippen LogP) is 3.50. The fourth-order valence-corrected chi connectivity index (χ4v) is 2.41. The molecule has 0 atom stereocenters. The van der Waals surface area contributed by atoms with E-state index >= 15 is 0 Å². The molecule has 1 aromatic rings. The van der Waals surface area contributed by atoms with E-state index in [1.807, 2.05) is 13.0 Å². The van der Waals surface area contributed by atoms with Gasteiger partial charge in [0.15, 0.2) is 5.90 Å². The van der Waals surface area contributed by atoms with Crippen molar-refractivity contribution < 1.29 is 4.43 Å². The van der Waals surface area contributed by atoms with Crippen LogP contribution in [0.2, 0.25) is 19.6 Å². The molecule has 88 valence electrons. The quantitative estimate of drug-likeness (QED) is 0.445. The second-order valence-corrected chi connectivity index (χ2v) is 9.28. The van der Waals surface area contributed by atoms with Gasteiger partial charge >= 0.3 is 0 Å². The summed E-state index contributed by atoms with van der Waals surface area (Å²) in [4.78, 5) is 4.43. The lowest BCUT2D eigenvalue weighted by Gasteiger charge is -2.18. The van der Waals surface area contributed by atoms with Gasteiger partial charge < -0.3 is 4.43 Å². The summed E-state index contributed by atoms with van der Waals surface area (Å²) in [6.07, 6.45) is 0.979. The minimum absolute atomic E-state index is 0.806. The van der Waals surface area contributed by atoms with Crippen LogP contribution >= 0.6 is 0 Å². The van der Waals surface area contributed by atoms with Crippen molar-refractivity contribution in [1.29, 1.82) is 0 Å². The predicted molar refractivity (Wildman–Crippen MR) is 72.6 cm³/mol. The van der Waals surface area contributed by atoms with Crippen molar-refractivity contribution in [2.75, 3.05) is 6.54 Å². The van der Waals surface area contributed by atoms with E-state index in [2.05, 4.69) is 48.9 Å². The maximum Gasteiger partial charge on any atom is 0.243 e. The van der Waals surface area contributed by atoms with Gasteiger partial charge in [-0.3, -0.25) is 4.99 Å². The van der Waals surface area contributed by atoms with Crippen LogP contribution in [0.3, 0.4) is 0 Å². The van der Waals surface area contributed by atoms with Crippen LogP contribution in [0.5, 0.6) is 0 Å². The Hall–Kier alpha value is -1.09. The first-order chi connectivity index (χ1) is 7.47. The van der Waals surface area contributed by atoms with Crippen molar-refractivity contribution in [3.05, 3.63) is 35.9 Å². The maximum atomic E-state index is 5.76. The summed E-state index contributed by atoms with van der Waals surface area (Å²) in [5.74, 6) is 0.829. The molecule has 0 amide bonds. The average molecular weight is 235 g/mol. The lowest BCUT2D eigenvalue weighted by Crippen LogP contribution is -2.28. The van der Waals surface area contributed by atoms with Crippen molar-refractivity contribution in [2.24, 2.45) is 4.99 Å². The van der Waals surface area contributed by atoms with Gasteiger partial charge in [0.1, 0.15) is 0 Å². The van der Waals surface area contributed by atoms with E-state index in [-0.39, 0.29) is 0 Å². The maximum absolute atomic E-state index is 5.76. The standard InChI is InChI=1S/C13H21NOSi/c1-12(15-16(2,3)4)14-11-10-13-8-6-5-7-9-13/h5-9H,10-11H2,1-4H3. The SMILES string of the molecule is CC(=NCCc1ccccc1)O[Si](C)(C)C. The van der Waals surface area contributed by atoms with E-state index in [9.17, 15) is 0 Å². The fourth-order valence-electron chi connectivity index (χ4n) is 1.46. The first-order valence-electron chi connectivity index (χ1n) is 5.71. The molecule has 0 aliphatic heterocycles. The van der Waals surface area contributed by atoms with Gasteiger partial charge in [-0.2, -0.15) is 0 Å². The summed E-state index contributed by atoms with van der Waals surface area (Å²) in [7, 11) is -1.48. The first-order valence-corrected chi connectivity index (χ1v) is 9.12. The van der Waals surface area contributed by atoms with Crippen LogP contribution in [-0.4, -0.2) is 20.8 Å². The number of hydrogen-bond donors (Lipinski definition) is 0. The highest BCUT2D eigenvalue weighted by molar-refractivity contribution is 6.71. The van der Waals surface area contributed by atoms with Gasteiger partial charge in [0.05, 0.1) is 0 Å². The van der Waals surface area contributed by atoms with Gasteiger partial charge in [-0.05, 0) is 31.6 Å². The van der Waals surface area contributed by atoms with Crippen molar-refractivity contribution in [3.63, 3.8) is 0 Å². The van der Waals surface area contributed by atoms with E-state index in [4.69, 9.17) is 4.43 Å². The van der Waals surface area contributed by atoms with Crippen molar-refractivity contribution in [1.82, 2.24) is 0 Å². The molecule has 0 spiro atoms. The molecule has 0 aliphatic rings. The second kappa shape index (κ2) is 5.85. The second-order valence-electron chi connectivity index (χ2n) is 4.85. The zero-order valence-corrected chi connectivity index (χ0v) is 11.7. The summed E-state index contributed by atoms with van der Waals surface area (Å²) in [5.41, 5.74) is 1.33. The average Bonchev–Trinajstić information content (AvgIpc) is 2.16. The van der Waals surface area contributed by atoms with Crippen LogP contribution in [0.15, 0.2) is 35.3 Å². The zero-order valence-electron chi connectivity index (χ0n) is 10.7. The summed E-state index contributed by atoms with van der Waals surface area (Å²) in [6.45, 7) is 9.26. The van der Waals surface area contributed by atoms with Crippen LogP contribution in [0.4, 0.5) is 0 Å². The minimum atomic E-state index is -1.48. The van der Waals surface area contributed by atoms with Gasteiger partial charge in [0.25, 0.3) is 0 Å². The van der Waals surface area contributed by atoms with E-state index in [1.54, 1.807) is 0 Å². The Morgan fingerprint density at radius 1 is 1.19 bits per heavy atom. The van der Waals surface area contributed by atoms with Gasteiger partial charge in [-0.25, -0.2) is 0 Å². The van der Waals surface area contributed by atoms with Crippen LogP contribution < -0.4 is 0 Å². The molecule has 0 aromatic heterocycles. The molecule has 0 unspecified atom stereocenters. The van der Waals surface area contributed by atoms with Crippen LogP contribution in [-0.2, 0) is 10.8 Å². The molecule has 1 rings (SSSR count). The summed E-state index contributed by atoms with van der Waals surface area (Å²) >= 11 is 0. The van der Waals surface area contributed by atoms with Crippen LogP contribution in [0.25, 0.3) is 0 Å². The lowest BCUT2D eigenvalue weighted by atomic mass is 10.2. The Bertz CT molecular complexity index is 341. The highest BCUT2D eigenvalue weighted by Gasteiger charge is 2.16. The molecular weight excluding hydrogens is 214 g/mol. The highest BCUT2D eigenvalue weighted by atomic mass is 28.4. The summed E-state index contributed by atoms with van der Waals surface area (Å²) in [6, 6.07) is 10.4. The molecule has 0 aliphatic carbocycles. The molecule has 3 heteroatoms. The Balaban J connectivity index is 2.37. The molecular formula is C13H21NOSi. The molecule has 0 N–H and O–H groups in total. The number of nitrogens with zero attached hydrogens (tertiary/aromatic N) is 1. The third-order valence-electron chi connectivity index (χ3n) is 2.03. The summed E-state index contributed by atoms with van der Waals surface area (Å²) in [5, 5.41) is 0. The zero-order chi connectivity index (χ0) is 12.0. The largest absolute Gasteiger partial charge is 0.535 e. The van der Waals surface area contributed by atoms with Gasteiger partial charge in [0, 0.05) is 13.5 Å². The molecule has 0 radical (unpaired) electrons. The summed E-state index contributed by atoms with van der Waals surface area (Å²) < 4.78 is 5.76. The monoisotopic (exact) mass is 235 g/mol. The first kappa shape index (κ1) is 13.0. The van der Waals surface area contributed by atoms with Crippen LogP contribution in [0.1, 0.15) is 12.5 Å². The molecule has 0 heterocycles. The van der Waals surface area contributed by atoms with Crippen LogP contribution in [0, 0.1) is 0 Å². The third kappa shape index (κ3) is 5.71. The van der Waals surface area contributed by atoms with E-state index in [0.29, 0.717) is 0 Å². The lowest BCUT2D eigenvalue weighted by molar-refractivity contribution is 0.543. The van der Waals surface area contributed by atoms with Crippen molar-refractivity contribution >= 4 is 14.2 Å². The third-order valence-corrected chi connectivity index (χ3v) is 2.94. The number of aliphatic imine (C=N–C) groups is 1. The number of benzene rings is 1. The molecule has 0 fully saturated rings. The van der Waals surface area contributed by atoms with Gasteiger partial charge in [0.2, 0.25) is 8.32 Å². The fraction of sp³-hybridized carbons (Fsp3) is 0.462. The Labute approximate surface area is 99.5 Å². The highest BCUT2D eigenvalue weighted by Crippen LogP contribution is 2.04. The van der Waals surface area contributed by atoms with Gasteiger partial charge in [-0.1, -0.05) is 30.3 Å². The van der Waals surface area contributed by atoms with E-state index < -0.39 is 8.32 Å². The number of hydrogen-bond acceptors (Lipinski definition) is 2. The Morgan fingerprint density at radius 2 is 1.81 bits per heavy atom. The van der Waals surface area contributed by atoms with Crippen molar-refractivity contribution in [2.45, 2.75) is 33.0 Å². The molecule has 0 saturated carbocycles. The normalized spacial score (nSPS) is 12.6. The smallest absolute Gasteiger partial charge is 0.243 e. The molecule has 0 saturated heterocycles. The minimum Gasteiger partial charge on any atom is -0.535 e. The Morgan fingerprint density at radius 3 is 2.38 bits per heavy atom. The van der Waals surface area contributed by atoms with E-state index in [1.165, 1.54) is 5.56 Å². The topological polar surface area (TPSA) is 21.6 Å².